The van der Waals surface area contributed by atoms with Crippen molar-refractivity contribution in [2.45, 2.75) is 0 Å². The fourth-order valence-corrected chi connectivity index (χ4v) is 2.02. The highest BCUT2D eigenvalue weighted by atomic mass is 19.1. The van der Waals surface area contributed by atoms with Crippen LogP contribution in [-0.4, -0.2) is 26.1 Å². The van der Waals surface area contributed by atoms with Crippen LogP contribution in [0.2, 0.25) is 0 Å². The molecule has 0 aliphatic carbocycles. The highest BCUT2D eigenvalue weighted by Gasteiger charge is 2.15. The highest BCUT2D eigenvalue weighted by Crippen LogP contribution is 2.23. The minimum atomic E-state index is -0.639. The molecule has 24 heavy (non-hydrogen) atoms. The molecule has 2 aromatic carbocycles. The van der Waals surface area contributed by atoms with Crippen LogP contribution in [0.3, 0.4) is 0 Å². The molecular formula is C19H16FNO3. The van der Waals surface area contributed by atoms with E-state index in [0.717, 1.165) is 5.56 Å². The van der Waals surface area contributed by atoms with E-state index in [4.69, 9.17) is 14.7 Å². The number of halogens is 1. The quantitative estimate of drug-likeness (QED) is 0.443. The number of hydrogen-bond donors (Lipinski definition) is 0. The smallest absolute Gasteiger partial charge is 0.192 e. The van der Waals surface area contributed by atoms with Crippen molar-refractivity contribution in [3.63, 3.8) is 0 Å². The second-order valence-corrected chi connectivity index (χ2v) is 4.89. The lowest BCUT2D eigenvalue weighted by atomic mass is 10.1. The number of rotatable bonds is 7. The number of ether oxygens (including phenoxy) is 2. The minimum absolute atomic E-state index is 0.113. The summed E-state index contributed by atoms with van der Waals surface area (Å²) in [5, 5.41) is 8.76. The van der Waals surface area contributed by atoms with Crippen LogP contribution in [0.4, 0.5) is 4.39 Å². The minimum Gasteiger partial charge on any atom is -0.490 e. The van der Waals surface area contributed by atoms with Gasteiger partial charge in [0.2, 0.25) is 0 Å². The van der Waals surface area contributed by atoms with Crippen molar-refractivity contribution < 1.29 is 18.7 Å². The first-order valence-electron chi connectivity index (χ1n) is 7.28. The molecule has 2 aromatic rings. The summed E-state index contributed by atoms with van der Waals surface area (Å²) < 4.78 is 24.3. The highest BCUT2D eigenvalue weighted by molar-refractivity contribution is 6.08. The Morgan fingerprint density at radius 3 is 2.62 bits per heavy atom. The maximum absolute atomic E-state index is 14.0. The molecule has 122 valence electrons. The van der Waals surface area contributed by atoms with E-state index in [9.17, 15) is 9.18 Å². The van der Waals surface area contributed by atoms with Gasteiger partial charge in [0.15, 0.2) is 5.78 Å². The molecule has 0 aromatic heterocycles. The Morgan fingerprint density at radius 2 is 1.96 bits per heavy atom. The Morgan fingerprint density at radius 1 is 1.21 bits per heavy atom. The Labute approximate surface area is 139 Å². The van der Waals surface area contributed by atoms with Crippen LogP contribution in [0.25, 0.3) is 6.08 Å². The predicted octanol–water partition coefficient (Wildman–Crippen LogP) is 3.62. The molecule has 0 unspecified atom stereocenters. The standard InChI is InChI=1S/C19H16FNO3/c1-23-11-12-24-18-4-2-3-16(20)19(18)17(22)10-9-14-5-7-15(13-21)8-6-14/h2-10H,11-12H2,1H3. The topological polar surface area (TPSA) is 59.3 Å². The molecule has 2 rings (SSSR count). The summed E-state index contributed by atoms with van der Waals surface area (Å²) in [5.41, 5.74) is 1.15. The van der Waals surface area contributed by atoms with Crippen molar-refractivity contribution in [1.82, 2.24) is 0 Å². The van der Waals surface area contributed by atoms with Gasteiger partial charge >= 0.3 is 0 Å². The van der Waals surface area contributed by atoms with Crippen molar-refractivity contribution in [3.05, 3.63) is 71.0 Å². The first kappa shape index (κ1) is 17.4. The second-order valence-electron chi connectivity index (χ2n) is 4.89. The van der Waals surface area contributed by atoms with Crippen LogP contribution in [-0.2, 0) is 4.74 Å². The molecule has 0 N–H and O–H groups in total. The Hall–Kier alpha value is -2.97. The van der Waals surface area contributed by atoms with Gasteiger partial charge in [-0.05, 0) is 35.9 Å². The van der Waals surface area contributed by atoms with Gasteiger partial charge in [0.1, 0.15) is 18.2 Å². The molecule has 4 nitrogen and oxygen atoms in total. The lowest BCUT2D eigenvalue weighted by Gasteiger charge is -2.10. The molecular weight excluding hydrogens is 309 g/mol. The van der Waals surface area contributed by atoms with Crippen molar-refractivity contribution >= 4 is 11.9 Å². The first-order valence-corrected chi connectivity index (χ1v) is 7.28. The third kappa shape index (κ3) is 4.51. The van der Waals surface area contributed by atoms with E-state index < -0.39 is 11.6 Å². The van der Waals surface area contributed by atoms with Crippen LogP contribution in [0.5, 0.6) is 5.75 Å². The maximum atomic E-state index is 14.0. The maximum Gasteiger partial charge on any atom is 0.192 e. The van der Waals surface area contributed by atoms with E-state index in [2.05, 4.69) is 0 Å². The average molecular weight is 325 g/mol. The number of allylic oxidation sites excluding steroid dienone is 1. The Kier molecular flexibility index (Phi) is 6.23. The van der Waals surface area contributed by atoms with E-state index in [1.54, 1.807) is 36.4 Å². The third-order valence-electron chi connectivity index (χ3n) is 3.23. The molecule has 0 bridgehead atoms. The number of ketones is 1. The summed E-state index contributed by atoms with van der Waals surface area (Å²) in [7, 11) is 1.53. The van der Waals surface area contributed by atoms with Gasteiger partial charge < -0.3 is 9.47 Å². The summed E-state index contributed by atoms with van der Waals surface area (Å²) >= 11 is 0. The molecule has 0 aliphatic heterocycles. The molecule has 0 atom stereocenters. The van der Waals surface area contributed by atoms with Crippen molar-refractivity contribution in [3.8, 4) is 11.8 Å². The molecule has 0 fully saturated rings. The summed E-state index contributed by atoms with van der Waals surface area (Å²) in [4.78, 5) is 12.3. The summed E-state index contributed by atoms with van der Waals surface area (Å²) in [5.74, 6) is -0.953. The number of carbonyl (C=O) groups excluding carboxylic acids is 1. The van der Waals surface area contributed by atoms with Crippen LogP contribution < -0.4 is 4.74 Å². The molecule has 0 saturated carbocycles. The second kappa shape index (κ2) is 8.61. The average Bonchev–Trinajstić information content (AvgIpc) is 2.60. The lowest BCUT2D eigenvalue weighted by Crippen LogP contribution is -2.09. The van der Waals surface area contributed by atoms with Gasteiger partial charge in [-0.15, -0.1) is 0 Å². The van der Waals surface area contributed by atoms with E-state index in [1.165, 1.54) is 25.3 Å². The number of nitriles is 1. The van der Waals surface area contributed by atoms with Gasteiger partial charge in [-0.2, -0.15) is 5.26 Å². The van der Waals surface area contributed by atoms with Crippen LogP contribution in [0.1, 0.15) is 21.5 Å². The van der Waals surface area contributed by atoms with Gasteiger partial charge in [-0.25, -0.2) is 4.39 Å². The largest absolute Gasteiger partial charge is 0.490 e. The zero-order valence-electron chi connectivity index (χ0n) is 13.2. The van der Waals surface area contributed by atoms with Crippen molar-refractivity contribution in [1.29, 1.82) is 5.26 Å². The first-order chi connectivity index (χ1) is 11.7. The molecule has 0 saturated heterocycles. The summed E-state index contributed by atoms with van der Waals surface area (Å²) in [6, 6.07) is 13.0. The van der Waals surface area contributed by atoms with Gasteiger partial charge in [0, 0.05) is 7.11 Å². The van der Waals surface area contributed by atoms with Crippen LogP contribution in [0, 0.1) is 17.1 Å². The van der Waals surface area contributed by atoms with Crippen molar-refractivity contribution in [2.75, 3.05) is 20.3 Å². The molecule has 0 heterocycles. The molecule has 5 heteroatoms. The lowest BCUT2D eigenvalue weighted by molar-refractivity contribution is 0.103. The normalized spacial score (nSPS) is 10.5. The Balaban J connectivity index is 2.19. The fourth-order valence-electron chi connectivity index (χ4n) is 2.02. The van der Waals surface area contributed by atoms with Crippen LogP contribution in [0.15, 0.2) is 48.5 Å². The molecule has 0 aliphatic rings. The number of benzene rings is 2. The van der Waals surface area contributed by atoms with E-state index in [-0.39, 0.29) is 17.9 Å². The molecule has 0 amide bonds. The van der Waals surface area contributed by atoms with Gasteiger partial charge in [-0.3, -0.25) is 4.79 Å². The monoisotopic (exact) mass is 325 g/mol. The van der Waals surface area contributed by atoms with Gasteiger partial charge in [-0.1, -0.05) is 24.3 Å². The van der Waals surface area contributed by atoms with Gasteiger partial charge in [0.05, 0.1) is 23.8 Å². The molecule has 0 spiro atoms. The SMILES string of the molecule is COCCOc1cccc(F)c1C(=O)C=Cc1ccc(C#N)cc1. The van der Waals surface area contributed by atoms with E-state index in [1.807, 2.05) is 6.07 Å². The predicted molar refractivity (Wildman–Crippen MR) is 88.3 cm³/mol. The number of hydrogen-bond acceptors (Lipinski definition) is 4. The Bertz CT molecular complexity index is 776. The summed E-state index contributed by atoms with van der Waals surface area (Å²) in [6.07, 6.45) is 2.85. The summed E-state index contributed by atoms with van der Waals surface area (Å²) in [6.45, 7) is 0.560. The fraction of sp³-hybridized carbons (Fsp3) is 0.158. The zero-order valence-corrected chi connectivity index (χ0v) is 13.2. The number of carbonyl (C=O) groups is 1. The van der Waals surface area contributed by atoms with E-state index >= 15 is 0 Å². The zero-order chi connectivity index (χ0) is 17.4. The number of methoxy groups -OCH3 is 1. The number of nitrogens with zero attached hydrogens (tertiary/aromatic N) is 1. The third-order valence-corrected chi connectivity index (χ3v) is 3.23. The van der Waals surface area contributed by atoms with E-state index in [0.29, 0.717) is 12.2 Å². The van der Waals surface area contributed by atoms with Gasteiger partial charge in [0.25, 0.3) is 0 Å². The molecule has 0 radical (unpaired) electrons. The van der Waals surface area contributed by atoms with Crippen LogP contribution >= 0.6 is 0 Å². The van der Waals surface area contributed by atoms with Crippen molar-refractivity contribution in [2.24, 2.45) is 0 Å².